The van der Waals surface area contributed by atoms with Crippen molar-refractivity contribution in [3.8, 4) is 0 Å². The van der Waals surface area contributed by atoms with E-state index >= 15 is 0 Å². The second-order valence-corrected chi connectivity index (χ2v) is 4.90. The van der Waals surface area contributed by atoms with Gasteiger partial charge in [0.15, 0.2) is 5.82 Å². The molecular weight excluding hydrogens is 284 g/mol. The molecule has 2 N–H and O–H groups in total. The van der Waals surface area contributed by atoms with Crippen molar-refractivity contribution >= 4 is 17.5 Å². The third-order valence-electron chi connectivity index (χ3n) is 3.33. The maximum absolute atomic E-state index is 12.1. The molecule has 0 unspecified atom stereocenters. The molecule has 0 aliphatic carbocycles. The number of aryl methyl sites for hydroxylation is 2. The summed E-state index contributed by atoms with van der Waals surface area (Å²) in [4.78, 5) is 12.1. The van der Waals surface area contributed by atoms with Crippen LogP contribution in [0.2, 0.25) is 0 Å². The number of hydrogen-bond acceptors (Lipinski definition) is 4. The monoisotopic (exact) mass is 306 g/mol. The first-order chi connectivity index (χ1) is 10.5. The summed E-state index contributed by atoms with van der Waals surface area (Å²) >= 11 is 0. The van der Waals surface area contributed by atoms with Crippen LogP contribution in [-0.4, -0.2) is 39.3 Å². The largest absolute Gasteiger partial charge is 0.383 e. The second kappa shape index (κ2) is 7.08. The van der Waals surface area contributed by atoms with E-state index in [0.717, 1.165) is 23.6 Å². The average molecular weight is 306 g/mol. The molecule has 0 atom stereocenters. The maximum Gasteiger partial charge on any atom is 0.325 e. The Labute approximate surface area is 129 Å². The topological polar surface area (TPSA) is 86.0 Å². The standard InChI is InChI=1S/C14H22N6O2/c1-5-20-11(3)13(10(2)17-20)16-14(21)15-12-6-7-19(18-12)8-9-22-4/h6-7H,5,8-9H2,1-4H3,(H2,15,16,18,21). The third kappa shape index (κ3) is 3.64. The van der Waals surface area contributed by atoms with Gasteiger partial charge in [-0.15, -0.1) is 0 Å². The predicted molar refractivity (Wildman–Crippen MR) is 84.1 cm³/mol. The van der Waals surface area contributed by atoms with Crippen molar-refractivity contribution in [3.63, 3.8) is 0 Å². The average Bonchev–Trinajstić information content (AvgIpc) is 3.04. The zero-order valence-electron chi connectivity index (χ0n) is 13.4. The van der Waals surface area contributed by atoms with E-state index in [4.69, 9.17) is 4.74 Å². The molecule has 0 spiro atoms. The number of methoxy groups -OCH3 is 1. The van der Waals surface area contributed by atoms with Crippen molar-refractivity contribution in [2.24, 2.45) is 0 Å². The van der Waals surface area contributed by atoms with Gasteiger partial charge in [0, 0.05) is 25.9 Å². The molecule has 120 valence electrons. The van der Waals surface area contributed by atoms with Crippen molar-refractivity contribution in [1.29, 1.82) is 0 Å². The van der Waals surface area contributed by atoms with E-state index in [-0.39, 0.29) is 6.03 Å². The second-order valence-electron chi connectivity index (χ2n) is 4.90. The van der Waals surface area contributed by atoms with Gasteiger partial charge in [0.2, 0.25) is 0 Å². The van der Waals surface area contributed by atoms with Crippen LogP contribution in [0.3, 0.4) is 0 Å². The Morgan fingerprint density at radius 3 is 2.73 bits per heavy atom. The first kappa shape index (κ1) is 16.0. The van der Waals surface area contributed by atoms with E-state index in [1.54, 1.807) is 24.1 Å². The quantitative estimate of drug-likeness (QED) is 0.854. The molecule has 0 aromatic carbocycles. The van der Waals surface area contributed by atoms with Crippen LogP contribution < -0.4 is 10.6 Å². The van der Waals surface area contributed by atoms with Crippen LogP contribution in [0.1, 0.15) is 18.3 Å². The summed E-state index contributed by atoms with van der Waals surface area (Å²) in [5.41, 5.74) is 2.46. The molecule has 8 nitrogen and oxygen atoms in total. The molecule has 0 fully saturated rings. The number of nitrogens with one attached hydrogen (secondary N) is 2. The first-order valence-electron chi connectivity index (χ1n) is 7.19. The molecule has 0 aliphatic rings. The van der Waals surface area contributed by atoms with Gasteiger partial charge < -0.3 is 10.1 Å². The number of hydrogen-bond donors (Lipinski definition) is 2. The van der Waals surface area contributed by atoms with Crippen molar-refractivity contribution in [2.75, 3.05) is 24.4 Å². The Morgan fingerprint density at radius 2 is 2.09 bits per heavy atom. The van der Waals surface area contributed by atoms with Gasteiger partial charge in [-0.05, 0) is 20.8 Å². The van der Waals surface area contributed by atoms with Crippen molar-refractivity contribution in [1.82, 2.24) is 19.6 Å². The predicted octanol–water partition coefficient (Wildman–Crippen LogP) is 2.01. The lowest BCUT2D eigenvalue weighted by Gasteiger charge is -2.06. The van der Waals surface area contributed by atoms with Crippen LogP contribution >= 0.6 is 0 Å². The summed E-state index contributed by atoms with van der Waals surface area (Å²) < 4.78 is 8.55. The van der Waals surface area contributed by atoms with E-state index in [0.29, 0.717) is 19.0 Å². The summed E-state index contributed by atoms with van der Waals surface area (Å²) in [5, 5.41) is 14.1. The summed E-state index contributed by atoms with van der Waals surface area (Å²) in [6, 6.07) is 1.41. The molecule has 0 aliphatic heterocycles. The highest BCUT2D eigenvalue weighted by Gasteiger charge is 2.14. The number of anilines is 2. The van der Waals surface area contributed by atoms with E-state index < -0.39 is 0 Å². The maximum atomic E-state index is 12.1. The highest BCUT2D eigenvalue weighted by molar-refractivity contribution is 5.99. The van der Waals surface area contributed by atoms with Crippen molar-refractivity contribution in [3.05, 3.63) is 23.7 Å². The lowest BCUT2D eigenvalue weighted by atomic mass is 10.3. The Balaban J connectivity index is 1.98. The van der Waals surface area contributed by atoms with Gasteiger partial charge in [0.05, 0.1) is 30.2 Å². The number of carbonyl (C=O) groups excluding carboxylic acids is 1. The van der Waals surface area contributed by atoms with Crippen molar-refractivity contribution < 1.29 is 9.53 Å². The Morgan fingerprint density at radius 1 is 1.32 bits per heavy atom. The number of aromatic nitrogens is 4. The number of ether oxygens (including phenoxy) is 1. The van der Waals surface area contributed by atoms with Crippen LogP contribution in [0, 0.1) is 13.8 Å². The van der Waals surface area contributed by atoms with Crippen LogP contribution in [-0.2, 0) is 17.8 Å². The smallest absolute Gasteiger partial charge is 0.325 e. The SMILES string of the molecule is CCn1nc(C)c(NC(=O)Nc2ccn(CCOC)n2)c1C. The molecule has 8 heteroatoms. The summed E-state index contributed by atoms with van der Waals surface area (Å²) in [6.07, 6.45) is 1.79. The Kier molecular flexibility index (Phi) is 5.16. The van der Waals surface area contributed by atoms with Gasteiger partial charge in [0.25, 0.3) is 0 Å². The van der Waals surface area contributed by atoms with Gasteiger partial charge >= 0.3 is 6.03 Å². The summed E-state index contributed by atoms with van der Waals surface area (Å²) in [6.45, 7) is 7.78. The van der Waals surface area contributed by atoms with E-state index in [2.05, 4.69) is 20.8 Å². The lowest BCUT2D eigenvalue weighted by molar-refractivity contribution is 0.183. The van der Waals surface area contributed by atoms with Gasteiger partial charge in [-0.25, -0.2) is 4.79 Å². The fraction of sp³-hybridized carbons (Fsp3) is 0.500. The van der Waals surface area contributed by atoms with Crippen LogP contribution in [0.25, 0.3) is 0 Å². The van der Waals surface area contributed by atoms with Gasteiger partial charge in [-0.2, -0.15) is 10.2 Å². The summed E-state index contributed by atoms with van der Waals surface area (Å²) in [7, 11) is 1.64. The fourth-order valence-electron chi connectivity index (χ4n) is 2.18. The minimum atomic E-state index is -0.334. The zero-order valence-corrected chi connectivity index (χ0v) is 13.4. The van der Waals surface area contributed by atoms with E-state index in [9.17, 15) is 4.79 Å². The van der Waals surface area contributed by atoms with Crippen LogP contribution in [0.4, 0.5) is 16.3 Å². The Bertz CT molecular complexity index is 646. The third-order valence-corrected chi connectivity index (χ3v) is 3.33. The first-order valence-corrected chi connectivity index (χ1v) is 7.19. The fourth-order valence-corrected chi connectivity index (χ4v) is 2.18. The molecule has 2 rings (SSSR count). The van der Waals surface area contributed by atoms with E-state index in [1.165, 1.54) is 0 Å². The van der Waals surface area contributed by atoms with Crippen LogP contribution in [0.5, 0.6) is 0 Å². The van der Waals surface area contributed by atoms with Gasteiger partial charge in [0.1, 0.15) is 0 Å². The van der Waals surface area contributed by atoms with Crippen molar-refractivity contribution in [2.45, 2.75) is 33.9 Å². The number of urea groups is 1. The molecule has 0 bridgehead atoms. The number of nitrogens with zero attached hydrogens (tertiary/aromatic N) is 4. The molecule has 2 aromatic heterocycles. The van der Waals surface area contributed by atoms with E-state index in [1.807, 2.05) is 25.5 Å². The van der Waals surface area contributed by atoms with Crippen LogP contribution in [0.15, 0.2) is 12.3 Å². The van der Waals surface area contributed by atoms with Gasteiger partial charge in [-0.1, -0.05) is 0 Å². The van der Waals surface area contributed by atoms with Gasteiger partial charge in [-0.3, -0.25) is 14.7 Å². The lowest BCUT2D eigenvalue weighted by Crippen LogP contribution is -2.20. The highest BCUT2D eigenvalue weighted by Crippen LogP contribution is 2.19. The number of amides is 2. The highest BCUT2D eigenvalue weighted by atomic mass is 16.5. The normalized spacial score (nSPS) is 10.7. The number of rotatable bonds is 6. The molecule has 2 amide bonds. The minimum Gasteiger partial charge on any atom is -0.383 e. The molecule has 2 aromatic rings. The zero-order chi connectivity index (χ0) is 16.1. The molecule has 0 saturated heterocycles. The minimum absolute atomic E-state index is 0.334. The molecule has 22 heavy (non-hydrogen) atoms. The number of carbonyl (C=O) groups is 1. The molecule has 0 saturated carbocycles. The molecule has 0 radical (unpaired) electrons. The molecular formula is C14H22N6O2. The molecule has 2 heterocycles. The Hall–Kier alpha value is -2.35. The summed E-state index contributed by atoms with van der Waals surface area (Å²) in [5.74, 6) is 0.492.